The van der Waals surface area contributed by atoms with Gasteiger partial charge < -0.3 is 10.00 Å². The van der Waals surface area contributed by atoms with Crippen molar-refractivity contribution in [2.75, 3.05) is 6.16 Å². The molecule has 0 saturated heterocycles. The van der Waals surface area contributed by atoms with Crippen molar-refractivity contribution < 1.29 is 19.4 Å². The molecule has 0 aromatic carbocycles. The van der Waals surface area contributed by atoms with Crippen LogP contribution >= 0.6 is 7.37 Å². The lowest BCUT2D eigenvalue weighted by atomic mass is 10.3. The van der Waals surface area contributed by atoms with Crippen molar-refractivity contribution in [3.63, 3.8) is 0 Å². The average Bonchev–Trinajstić information content (AvgIpc) is 1.88. The Morgan fingerprint density at radius 1 is 1.55 bits per heavy atom. The van der Waals surface area contributed by atoms with Crippen molar-refractivity contribution in [1.29, 1.82) is 0 Å². The van der Waals surface area contributed by atoms with Crippen molar-refractivity contribution in [3.05, 3.63) is 0 Å². The van der Waals surface area contributed by atoms with E-state index in [1.165, 1.54) is 6.92 Å². The zero-order valence-electron chi connectivity index (χ0n) is 6.65. The van der Waals surface area contributed by atoms with Crippen LogP contribution in [0, 0.1) is 0 Å². The quantitative estimate of drug-likeness (QED) is 0.636. The van der Waals surface area contributed by atoms with Crippen LogP contribution in [-0.4, -0.2) is 27.8 Å². The fraction of sp³-hybridized carbons (Fsp3) is 0.833. The molecular formula is C6H13O4P. The van der Waals surface area contributed by atoms with Crippen molar-refractivity contribution >= 4 is 13.3 Å². The van der Waals surface area contributed by atoms with E-state index in [2.05, 4.69) is 0 Å². The van der Waals surface area contributed by atoms with Crippen molar-refractivity contribution in [1.82, 2.24) is 0 Å². The fourth-order valence-corrected chi connectivity index (χ4v) is 2.21. The van der Waals surface area contributed by atoms with Crippen molar-refractivity contribution in [2.45, 2.75) is 25.9 Å². The number of carboxylic acids is 1. The molecule has 66 valence electrons. The third-order valence-corrected chi connectivity index (χ3v) is 4.08. The number of carbonyl (C=O) groups is 1. The Morgan fingerprint density at radius 2 is 2.00 bits per heavy atom. The van der Waals surface area contributed by atoms with Crippen LogP contribution in [-0.2, 0) is 9.36 Å². The summed E-state index contributed by atoms with van der Waals surface area (Å²) in [6.07, 6.45) is 0.231. The van der Waals surface area contributed by atoms with E-state index < -0.39 is 19.0 Å². The first-order valence-corrected chi connectivity index (χ1v) is 5.41. The lowest BCUT2D eigenvalue weighted by molar-refractivity contribution is -0.136. The maximum atomic E-state index is 11.1. The zero-order chi connectivity index (χ0) is 9.07. The molecule has 0 spiro atoms. The molecule has 2 N–H and O–H groups in total. The van der Waals surface area contributed by atoms with Gasteiger partial charge in [-0.15, -0.1) is 0 Å². The summed E-state index contributed by atoms with van der Waals surface area (Å²) in [5, 5.41) is 8.51. The van der Waals surface area contributed by atoms with E-state index in [-0.39, 0.29) is 12.6 Å². The van der Waals surface area contributed by atoms with Gasteiger partial charge in [0.25, 0.3) is 0 Å². The summed E-state index contributed by atoms with van der Waals surface area (Å²) < 4.78 is 11.1. The monoisotopic (exact) mass is 180 g/mol. The Balaban J connectivity index is 4.50. The molecule has 0 aliphatic heterocycles. The Bertz CT molecular complexity index is 189. The van der Waals surface area contributed by atoms with Gasteiger partial charge in [-0.1, -0.05) is 13.8 Å². The predicted molar refractivity (Wildman–Crippen MR) is 42.1 cm³/mol. The Hall–Kier alpha value is -0.340. The third-order valence-electron chi connectivity index (χ3n) is 1.61. The summed E-state index contributed by atoms with van der Waals surface area (Å²) in [5.74, 6) is -1.18. The molecule has 0 fully saturated rings. The van der Waals surface area contributed by atoms with Gasteiger partial charge in [0.2, 0.25) is 7.37 Å². The maximum absolute atomic E-state index is 11.1. The molecular weight excluding hydrogens is 167 g/mol. The summed E-state index contributed by atoms with van der Waals surface area (Å²) in [6, 6.07) is 0. The van der Waals surface area contributed by atoms with Gasteiger partial charge in [-0.3, -0.25) is 9.36 Å². The van der Waals surface area contributed by atoms with Crippen LogP contribution in [0.15, 0.2) is 0 Å². The highest BCUT2D eigenvalue weighted by Crippen LogP contribution is 2.47. The molecule has 2 unspecified atom stereocenters. The molecule has 0 amide bonds. The van der Waals surface area contributed by atoms with E-state index in [1.54, 1.807) is 6.92 Å². The molecule has 0 rings (SSSR count). The van der Waals surface area contributed by atoms with Crippen LogP contribution in [0.25, 0.3) is 0 Å². The van der Waals surface area contributed by atoms with Crippen LogP contribution in [0.4, 0.5) is 0 Å². The molecule has 0 heterocycles. The van der Waals surface area contributed by atoms with Crippen LogP contribution in [0.1, 0.15) is 20.3 Å². The maximum Gasteiger partial charge on any atom is 0.316 e. The largest absolute Gasteiger partial charge is 0.481 e. The van der Waals surface area contributed by atoms with E-state index in [9.17, 15) is 9.36 Å². The highest BCUT2D eigenvalue weighted by Gasteiger charge is 2.33. The predicted octanol–water partition coefficient (Wildman–Crippen LogP) is 1.14. The summed E-state index contributed by atoms with van der Waals surface area (Å²) in [4.78, 5) is 19.5. The molecule has 11 heavy (non-hydrogen) atoms. The molecule has 0 aromatic heterocycles. The number of carboxylic acid groups (broad SMARTS) is 1. The van der Waals surface area contributed by atoms with Gasteiger partial charge in [-0.2, -0.15) is 0 Å². The summed E-state index contributed by atoms with van der Waals surface area (Å²) in [6.45, 7) is 3.11. The van der Waals surface area contributed by atoms with Gasteiger partial charge in [-0.05, 0) is 6.42 Å². The van der Waals surface area contributed by atoms with Crippen LogP contribution < -0.4 is 0 Å². The van der Waals surface area contributed by atoms with Crippen molar-refractivity contribution in [3.8, 4) is 0 Å². The van der Waals surface area contributed by atoms with E-state index in [0.29, 0.717) is 0 Å². The first-order chi connectivity index (χ1) is 4.95. The summed E-state index contributed by atoms with van der Waals surface area (Å²) >= 11 is 0. The fourth-order valence-electron chi connectivity index (χ4n) is 0.853. The van der Waals surface area contributed by atoms with Gasteiger partial charge in [0.1, 0.15) is 5.66 Å². The smallest absolute Gasteiger partial charge is 0.316 e. The van der Waals surface area contributed by atoms with Crippen LogP contribution in [0.3, 0.4) is 0 Å². The highest BCUT2D eigenvalue weighted by molar-refractivity contribution is 7.59. The average molecular weight is 180 g/mol. The van der Waals surface area contributed by atoms with Gasteiger partial charge in [0, 0.05) is 6.16 Å². The lowest BCUT2D eigenvalue weighted by Gasteiger charge is -2.15. The van der Waals surface area contributed by atoms with E-state index in [1.807, 2.05) is 0 Å². The molecule has 4 nitrogen and oxygen atoms in total. The molecule has 5 heteroatoms. The van der Waals surface area contributed by atoms with Gasteiger partial charge in [-0.25, -0.2) is 0 Å². The normalized spacial score (nSPS) is 18.8. The Morgan fingerprint density at radius 3 is 2.09 bits per heavy atom. The molecule has 0 aromatic rings. The second-order valence-corrected chi connectivity index (χ2v) is 5.10. The Labute approximate surface area is 65.7 Å². The number of hydrogen-bond acceptors (Lipinski definition) is 2. The topological polar surface area (TPSA) is 74.6 Å². The first-order valence-electron chi connectivity index (χ1n) is 3.50. The third kappa shape index (κ3) is 2.64. The molecule has 0 saturated carbocycles. The standard InChI is InChI=1S/C6H13O4P/c1-3-5(6(7)8)11(9,10)4-2/h5H,3-4H2,1-2H3,(H,7,8)(H,9,10). The summed E-state index contributed by atoms with van der Waals surface area (Å²) in [5.41, 5.74) is -1.09. The number of hydrogen-bond donors (Lipinski definition) is 2. The molecule has 0 aliphatic carbocycles. The Kier molecular flexibility index (Phi) is 3.76. The van der Waals surface area contributed by atoms with Crippen LogP contribution in [0.2, 0.25) is 0 Å². The lowest BCUT2D eigenvalue weighted by Crippen LogP contribution is -2.20. The number of aliphatic carboxylic acids is 1. The SMILES string of the molecule is CCC(C(=O)O)P(=O)(O)CC. The van der Waals surface area contributed by atoms with E-state index >= 15 is 0 Å². The minimum absolute atomic E-state index is 0.0256. The van der Waals surface area contributed by atoms with E-state index in [0.717, 1.165) is 0 Å². The molecule has 0 radical (unpaired) electrons. The second kappa shape index (κ2) is 3.88. The number of rotatable bonds is 4. The second-order valence-electron chi connectivity index (χ2n) is 2.33. The molecule has 0 bridgehead atoms. The van der Waals surface area contributed by atoms with Crippen molar-refractivity contribution in [2.24, 2.45) is 0 Å². The van der Waals surface area contributed by atoms with Gasteiger partial charge in [0.15, 0.2) is 0 Å². The molecule has 0 aliphatic rings. The highest BCUT2D eigenvalue weighted by atomic mass is 31.2. The zero-order valence-corrected chi connectivity index (χ0v) is 7.54. The minimum Gasteiger partial charge on any atom is -0.481 e. The minimum atomic E-state index is -3.44. The van der Waals surface area contributed by atoms with Crippen LogP contribution in [0.5, 0.6) is 0 Å². The van der Waals surface area contributed by atoms with E-state index in [4.69, 9.17) is 10.00 Å². The summed E-state index contributed by atoms with van der Waals surface area (Å²) in [7, 11) is -3.44. The first kappa shape index (κ1) is 10.7. The van der Waals surface area contributed by atoms with Gasteiger partial charge in [0.05, 0.1) is 0 Å². The molecule has 2 atom stereocenters. The van der Waals surface area contributed by atoms with Gasteiger partial charge >= 0.3 is 5.97 Å².